The third-order valence-corrected chi connectivity index (χ3v) is 4.31. The third kappa shape index (κ3) is 3.72. The van der Waals surface area contributed by atoms with E-state index in [1.807, 2.05) is 59.1 Å². The number of hydrazone groups is 1. The standard InChI is InChI=1S/C21H15N5O3/c27-21(16-9-11-17(12-10-16)26(28)29)24-22-14-18-20(15-6-2-1-3-7-15)23-19-8-4-5-13-25(18)19/h1-14H,(H,24,27)/b22-14+. The molecule has 0 aliphatic rings. The number of carbonyl (C=O) groups excluding carboxylic acids is 1. The summed E-state index contributed by atoms with van der Waals surface area (Å²) in [6, 6.07) is 20.7. The largest absolute Gasteiger partial charge is 0.298 e. The number of benzene rings is 2. The Morgan fingerprint density at radius 2 is 1.76 bits per heavy atom. The normalized spacial score (nSPS) is 11.0. The minimum absolute atomic E-state index is 0.0803. The van der Waals surface area contributed by atoms with Gasteiger partial charge in [0.2, 0.25) is 0 Å². The van der Waals surface area contributed by atoms with Crippen LogP contribution in [0.3, 0.4) is 0 Å². The van der Waals surface area contributed by atoms with Crippen molar-refractivity contribution >= 4 is 23.5 Å². The zero-order chi connectivity index (χ0) is 20.2. The summed E-state index contributed by atoms with van der Waals surface area (Å²) in [6.45, 7) is 0. The van der Waals surface area contributed by atoms with E-state index in [0.29, 0.717) is 0 Å². The molecule has 4 rings (SSSR count). The fraction of sp³-hybridized carbons (Fsp3) is 0. The summed E-state index contributed by atoms with van der Waals surface area (Å²) in [5.74, 6) is -0.466. The molecule has 8 heteroatoms. The summed E-state index contributed by atoms with van der Waals surface area (Å²) in [5, 5.41) is 14.8. The number of amides is 1. The molecule has 0 aliphatic heterocycles. The summed E-state index contributed by atoms with van der Waals surface area (Å²) in [6.07, 6.45) is 3.40. The molecule has 4 aromatic rings. The number of aromatic nitrogens is 2. The molecule has 29 heavy (non-hydrogen) atoms. The van der Waals surface area contributed by atoms with Gasteiger partial charge in [-0.1, -0.05) is 36.4 Å². The van der Waals surface area contributed by atoms with Crippen molar-refractivity contribution in [1.29, 1.82) is 0 Å². The molecule has 0 aliphatic carbocycles. The average Bonchev–Trinajstić information content (AvgIpc) is 3.13. The smallest absolute Gasteiger partial charge is 0.271 e. The Labute approximate surface area is 165 Å². The van der Waals surface area contributed by atoms with Crippen molar-refractivity contribution in [3.63, 3.8) is 0 Å². The maximum Gasteiger partial charge on any atom is 0.271 e. The molecule has 2 aromatic heterocycles. The topological polar surface area (TPSA) is 102 Å². The summed E-state index contributed by atoms with van der Waals surface area (Å²) in [4.78, 5) is 27.1. The first-order valence-electron chi connectivity index (χ1n) is 8.74. The molecule has 8 nitrogen and oxygen atoms in total. The molecule has 0 saturated carbocycles. The Hall–Kier alpha value is -4.33. The van der Waals surface area contributed by atoms with Crippen LogP contribution in [0.25, 0.3) is 16.9 Å². The highest BCUT2D eigenvalue weighted by Crippen LogP contribution is 2.23. The van der Waals surface area contributed by atoms with Gasteiger partial charge in [-0.3, -0.25) is 19.3 Å². The van der Waals surface area contributed by atoms with E-state index in [1.54, 1.807) is 0 Å². The Bertz CT molecular complexity index is 1210. The highest BCUT2D eigenvalue weighted by molar-refractivity contribution is 5.95. The van der Waals surface area contributed by atoms with Crippen molar-refractivity contribution in [2.45, 2.75) is 0 Å². The SMILES string of the molecule is O=C(N/N=C/c1c(-c2ccccc2)nc2ccccn12)c1ccc([N+](=O)[O-])cc1. The maximum atomic E-state index is 12.3. The number of non-ortho nitro benzene ring substituents is 1. The first kappa shape index (κ1) is 18.1. The minimum Gasteiger partial charge on any atom is -0.298 e. The van der Waals surface area contributed by atoms with Crippen LogP contribution in [0.4, 0.5) is 5.69 Å². The highest BCUT2D eigenvalue weighted by atomic mass is 16.6. The van der Waals surface area contributed by atoms with Crippen molar-refractivity contribution in [2.75, 3.05) is 0 Å². The second-order valence-electron chi connectivity index (χ2n) is 6.14. The van der Waals surface area contributed by atoms with E-state index < -0.39 is 10.8 Å². The number of fused-ring (bicyclic) bond motifs is 1. The van der Waals surface area contributed by atoms with Crippen LogP contribution in [0.1, 0.15) is 16.1 Å². The van der Waals surface area contributed by atoms with Gasteiger partial charge in [-0.15, -0.1) is 0 Å². The van der Waals surface area contributed by atoms with Crippen molar-refractivity contribution in [3.05, 3.63) is 100 Å². The van der Waals surface area contributed by atoms with Crippen molar-refractivity contribution in [2.24, 2.45) is 5.10 Å². The van der Waals surface area contributed by atoms with Gasteiger partial charge in [0, 0.05) is 29.5 Å². The van der Waals surface area contributed by atoms with E-state index >= 15 is 0 Å². The first-order chi connectivity index (χ1) is 14.1. The van der Waals surface area contributed by atoms with E-state index in [9.17, 15) is 14.9 Å². The molecule has 0 radical (unpaired) electrons. The zero-order valence-corrected chi connectivity index (χ0v) is 15.1. The summed E-state index contributed by atoms with van der Waals surface area (Å²) >= 11 is 0. The van der Waals surface area contributed by atoms with Crippen LogP contribution in [-0.2, 0) is 0 Å². The molecule has 2 heterocycles. The summed E-state index contributed by atoms with van der Waals surface area (Å²) in [7, 11) is 0. The number of rotatable bonds is 5. The lowest BCUT2D eigenvalue weighted by Gasteiger charge is -2.02. The second kappa shape index (κ2) is 7.73. The molecular formula is C21H15N5O3. The maximum absolute atomic E-state index is 12.3. The molecular weight excluding hydrogens is 370 g/mol. The zero-order valence-electron chi connectivity index (χ0n) is 15.1. The predicted octanol–water partition coefficient (Wildman–Crippen LogP) is 3.67. The fourth-order valence-corrected chi connectivity index (χ4v) is 2.90. The van der Waals surface area contributed by atoms with E-state index in [4.69, 9.17) is 0 Å². The predicted molar refractivity (Wildman–Crippen MR) is 109 cm³/mol. The third-order valence-electron chi connectivity index (χ3n) is 4.31. The van der Waals surface area contributed by atoms with Crippen LogP contribution in [0.5, 0.6) is 0 Å². The molecule has 1 amide bonds. The minimum atomic E-state index is -0.518. The van der Waals surface area contributed by atoms with Gasteiger partial charge >= 0.3 is 0 Å². The first-order valence-corrected chi connectivity index (χ1v) is 8.74. The van der Waals surface area contributed by atoms with Gasteiger partial charge in [-0.25, -0.2) is 10.4 Å². The van der Waals surface area contributed by atoms with E-state index in [-0.39, 0.29) is 11.3 Å². The van der Waals surface area contributed by atoms with Crippen LogP contribution in [0, 0.1) is 10.1 Å². The van der Waals surface area contributed by atoms with Crippen LogP contribution in [-0.4, -0.2) is 26.4 Å². The Morgan fingerprint density at radius 3 is 2.48 bits per heavy atom. The number of pyridine rings is 1. The van der Waals surface area contributed by atoms with Gasteiger partial charge in [0.1, 0.15) is 5.65 Å². The van der Waals surface area contributed by atoms with Crippen LogP contribution < -0.4 is 5.43 Å². The number of nitrogens with one attached hydrogen (secondary N) is 1. The monoisotopic (exact) mass is 385 g/mol. The van der Waals surface area contributed by atoms with Gasteiger partial charge < -0.3 is 0 Å². The molecule has 0 bridgehead atoms. The number of nitro benzene ring substituents is 1. The van der Waals surface area contributed by atoms with E-state index in [2.05, 4.69) is 15.5 Å². The number of imidazole rings is 1. The number of nitrogens with zero attached hydrogens (tertiary/aromatic N) is 4. The highest BCUT2D eigenvalue weighted by Gasteiger charge is 2.13. The Kier molecular flexibility index (Phi) is 4.81. The lowest BCUT2D eigenvalue weighted by Crippen LogP contribution is -2.17. The molecule has 142 valence electrons. The Morgan fingerprint density at radius 1 is 1.03 bits per heavy atom. The summed E-state index contributed by atoms with van der Waals surface area (Å²) in [5.41, 5.74) is 5.79. The number of hydrogen-bond donors (Lipinski definition) is 1. The molecule has 0 atom stereocenters. The molecule has 0 spiro atoms. The van der Waals surface area contributed by atoms with Crippen molar-refractivity contribution in [1.82, 2.24) is 14.8 Å². The van der Waals surface area contributed by atoms with Gasteiger partial charge in [0.05, 0.1) is 22.5 Å². The summed E-state index contributed by atoms with van der Waals surface area (Å²) < 4.78 is 1.88. The number of carbonyl (C=O) groups is 1. The lowest BCUT2D eigenvalue weighted by molar-refractivity contribution is -0.384. The average molecular weight is 385 g/mol. The van der Waals surface area contributed by atoms with Gasteiger partial charge in [-0.2, -0.15) is 5.10 Å². The van der Waals surface area contributed by atoms with Gasteiger partial charge in [0.25, 0.3) is 11.6 Å². The number of nitro groups is 1. The quantitative estimate of drug-likeness (QED) is 0.322. The molecule has 2 aromatic carbocycles. The molecule has 0 saturated heterocycles. The molecule has 0 unspecified atom stereocenters. The van der Waals surface area contributed by atoms with Crippen LogP contribution >= 0.6 is 0 Å². The molecule has 1 N–H and O–H groups in total. The van der Waals surface area contributed by atoms with Gasteiger partial charge in [0.15, 0.2) is 0 Å². The van der Waals surface area contributed by atoms with Crippen molar-refractivity contribution < 1.29 is 9.72 Å². The second-order valence-corrected chi connectivity index (χ2v) is 6.14. The van der Waals surface area contributed by atoms with Gasteiger partial charge in [-0.05, 0) is 24.3 Å². The van der Waals surface area contributed by atoms with E-state index in [1.165, 1.54) is 30.5 Å². The van der Waals surface area contributed by atoms with Crippen molar-refractivity contribution in [3.8, 4) is 11.3 Å². The van der Waals surface area contributed by atoms with E-state index in [0.717, 1.165) is 22.6 Å². The van der Waals surface area contributed by atoms with Crippen LogP contribution in [0.15, 0.2) is 84.1 Å². The Balaban J connectivity index is 1.61. The lowest BCUT2D eigenvalue weighted by atomic mass is 10.1. The fourth-order valence-electron chi connectivity index (χ4n) is 2.90. The van der Waals surface area contributed by atoms with Crippen LogP contribution in [0.2, 0.25) is 0 Å². The number of hydrogen-bond acceptors (Lipinski definition) is 5. The molecule has 0 fully saturated rings.